The van der Waals surface area contributed by atoms with Gasteiger partial charge in [-0.3, -0.25) is 9.89 Å². The van der Waals surface area contributed by atoms with Gasteiger partial charge in [-0.1, -0.05) is 25.5 Å². The lowest BCUT2D eigenvalue weighted by atomic mass is 9.58. The summed E-state index contributed by atoms with van der Waals surface area (Å²) < 4.78 is 13.8. The second-order valence-corrected chi connectivity index (χ2v) is 8.57. The summed E-state index contributed by atoms with van der Waals surface area (Å²) in [5.74, 6) is 0.0552. The number of aromatic nitrogens is 2. The molecule has 0 amide bonds. The van der Waals surface area contributed by atoms with Crippen LogP contribution in [-0.4, -0.2) is 16.0 Å². The molecule has 4 heteroatoms. The molecule has 1 spiro atoms. The molecule has 5 rings (SSSR count). The Morgan fingerprint density at radius 3 is 2.88 bits per heavy atom. The topological polar surface area (TPSA) is 45.8 Å². The summed E-state index contributed by atoms with van der Waals surface area (Å²) in [6.45, 7) is 4.34. The molecule has 2 aromatic rings. The molecule has 1 heterocycles. The molecule has 3 aliphatic rings. The largest absolute Gasteiger partial charge is 0.294 e. The molecule has 1 aromatic heterocycles. The molecule has 0 fully saturated rings. The van der Waals surface area contributed by atoms with Crippen LogP contribution < -0.4 is 0 Å². The number of rotatable bonds is 0. The van der Waals surface area contributed by atoms with E-state index in [0.717, 1.165) is 53.6 Å². The number of nitrogens with zero attached hydrogens (tertiary/aromatic N) is 1. The van der Waals surface area contributed by atoms with Crippen molar-refractivity contribution in [1.82, 2.24) is 10.2 Å². The molecular weight excluding hydrogens is 315 g/mol. The van der Waals surface area contributed by atoms with E-state index in [0.29, 0.717) is 6.42 Å². The predicted octanol–water partition coefficient (Wildman–Crippen LogP) is 4.02. The first-order chi connectivity index (χ1) is 11.9. The SMILES string of the molecule is CC1(C)CC(=O)C2=C(Cc3[nH]ncc3[C@@]23CCc2cc(F)ccc23)C1. The van der Waals surface area contributed by atoms with E-state index in [9.17, 15) is 9.18 Å². The number of hydrogen-bond donors (Lipinski definition) is 1. The Morgan fingerprint density at radius 1 is 1.20 bits per heavy atom. The van der Waals surface area contributed by atoms with Gasteiger partial charge in [-0.15, -0.1) is 0 Å². The lowest BCUT2D eigenvalue weighted by Crippen LogP contribution is -2.41. The molecule has 128 valence electrons. The van der Waals surface area contributed by atoms with Crippen LogP contribution in [0.25, 0.3) is 0 Å². The molecule has 3 nitrogen and oxygen atoms in total. The van der Waals surface area contributed by atoms with Gasteiger partial charge in [0.15, 0.2) is 5.78 Å². The summed E-state index contributed by atoms with van der Waals surface area (Å²) in [6.07, 6.45) is 5.79. The zero-order chi connectivity index (χ0) is 17.4. The van der Waals surface area contributed by atoms with Gasteiger partial charge in [0.05, 0.1) is 11.6 Å². The van der Waals surface area contributed by atoms with Crippen molar-refractivity contribution in [2.24, 2.45) is 5.41 Å². The number of nitrogens with one attached hydrogen (secondary N) is 1. The molecule has 1 N–H and O–H groups in total. The molecule has 0 saturated heterocycles. The molecule has 1 aromatic carbocycles. The number of benzene rings is 1. The third-order valence-electron chi connectivity index (χ3n) is 6.25. The number of hydrogen-bond acceptors (Lipinski definition) is 2. The van der Waals surface area contributed by atoms with E-state index in [2.05, 4.69) is 24.0 Å². The fourth-order valence-electron chi connectivity index (χ4n) is 5.48. The predicted molar refractivity (Wildman–Crippen MR) is 92.8 cm³/mol. The number of aryl methyl sites for hydroxylation is 1. The first kappa shape index (κ1) is 15.1. The maximum Gasteiger partial charge on any atom is 0.160 e. The Bertz CT molecular complexity index is 953. The molecule has 3 aliphatic carbocycles. The van der Waals surface area contributed by atoms with Gasteiger partial charge in [-0.2, -0.15) is 5.10 Å². The van der Waals surface area contributed by atoms with Gasteiger partial charge in [-0.25, -0.2) is 4.39 Å². The minimum absolute atomic E-state index is 0.00113. The Morgan fingerprint density at radius 2 is 2.04 bits per heavy atom. The van der Waals surface area contributed by atoms with Gasteiger partial charge in [-0.05, 0) is 47.9 Å². The van der Waals surface area contributed by atoms with Crippen LogP contribution in [-0.2, 0) is 23.1 Å². The Hall–Kier alpha value is -2.23. The van der Waals surface area contributed by atoms with E-state index in [1.165, 1.54) is 11.6 Å². The molecule has 0 unspecified atom stereocenters. The molecule has 0 bridgehead atoms. The molecule has 0 saturated carbocycles. The van der Waals surface area contributed by atoms with Crippen molar-refractivity contribution >= 4 is 5.78 Å². The fraction of sp³-hybridized carbons (Fsp3) is 0.429. The van der Waals surface area contributed by atoms with Crippen LogP contribution in [0.5, 0.6) is 0 Å². The number of carbonyl (C=O) groups is 1. The van der Waals surface area contributed by atoms with E-state index in [1.807, 2.05) is 12.3 Å². The zero-order valence-corrected chi connectivity index (χ0v) is 14.6. The van der Waals surface area contributed by atoms with Gasteiger partial charge < -0.3 is 0 Å². The Kier molecular flexibility index (Phi) is 2.82. The molecule has 1 atom stereocenters. The number of halogens is 1. The normalized spacial score (nSPS) is 26.6. The van der Waals surface area contributed by atoms with Crippen molar-refractivity contribution in [3.8, 4) is 0 Å². The maximum absolute atomic E-state index is 13.8. The van der Waals surface area contributed by atoms with Gasteiger partial charge in [0.2, 0.25) is 0 Å². The van der Waals surface area contributed by atoms with Crippen LogP contribution in [0.2, 0.25) is 0 Å². The van der Waals surface area contributed by atoms with Crippen LogP contribution in [0, 0.1) is 11.2 Å². The molecule has 0 aliphatic heterocycles. The first-order valence-electron chi connectivity index (χ1n) is 8.98. The van der Waals surface area contributed by atoms with Crippen LogP contribution in [0.1, 0.15) is 55.5 Å². The van der Waals surface area contributed by atoms with Crippen molar-refractivity contribution in [2.75, 3.05) is 0 Å². The summed E-state index contributed by atoms with van der Waals surface area (Å²) >= 11 is 0. The number of Topliss-reactive ketones (excluding diaryl/α,β-unsaturated/α-hetero) is 1. The Balaban J connectivity index is 1.82. The smallest absolute Gasteiger partial charge is 0.160 e. The zero-order valence-electron chi connectivity index (χ0n) is 14.6. The van der Waals surface area contributed by atoms with Gasteiger partial charge in [0, 0.05) is 29.7 Å². The molecule has 25 heavy (non-hydrogen) atoms. The van der Waals surface area contributed by atoms with Crippen molar-refractivity contribution in [1.29, 1.82) is 0 Å². The maximum atomic E-state index is 13.8. The van der Waals surface area contributed by atoms with Gasteiger partial charge >= 0.3 is 0 Å². The van der Waals surface area contributed by atoms with Gasteiger partial charge in [0.1, 0.15) is 5.82 Å². The highest BCUT2D eigenvalue weighted by molar-refractivity contribution is 6.02. The van der Waals surface area contributed by atoms with E-state index in [-0.39, 0.29) is 17.0 Å². The number of aromatic amines is 1. The number of ketones is 1. The lowest BCUT2D eigenvalue weighted by Gasteiger charge is -2.43. The summed E-state index contributed by atoms with van der Waals surface area (Å²) in [5.41, 5.74) is 6.13. The standard InChI is InChI=1S/C21H21FN2O/c1-20(2)9-13-8-17-16(11-23-24-17)21(19(13)18(25)10-20)6-5-12-7-14(22)3-4-15(12)21/h3-4,7,11H,5-6,8-10H2,1-2H3,(H,23,24)/t21-/m0/s1. The second kappa shape index (κ2) is 4.69. The van der Waals surface area contributed by atoms with E-state index in [1.54, 1.807) is 6.07 Å². The first-order valence-corrected chi connectivity index (χ1v) is 8.98. The summed E-state index contributed by atoms with van der Waals surface area (Å²) in [4.78, 5) is 13.3. The average molecular weight is 336 g/mol. The van der Waals surface area contributed by atoms with Crippen LogP contribution >= 0.6 is 0 Å². The summed E-state index contributed by atoms with van der Waals surface area (Å²) in [5, 5.41) is 7.45. The monoisotopic (exact) mass is 336 g/mol. The van der Waals surface area contributed by atoms with E-state index in [4.69, 9.17) is 0 Å². The highest BCUT2D eigenvalue weighted by atomic mass is 19.1. The number of allylic oxidation sites excluding steroid dienone is 2. The average Bonchev–Trinajstić information content (AvgIpc) is 3.11. The molecular formula is C21H21FN2O. The van der Waals surface area contributed by atoms with E-state index >= 15 is 0 Å². The van der Waals surface area contributed by atoms with Crippen LogP contribution in [0.4, 0.5) is 4.39 Å². The molecule has 0 radical (unpaired) electrons. The van der Waals surface area contributed by atoms with Crippen LogP contribution in [0.3, 0.4) is 0 Å². The quantitative estimate of drug-likeness (QED) is 0.790. The number of H-pyrrole nitrogens is 1. The van der Waals surface area contributed by atoms with Crippen molar-refractivity contribution in [3.63, 3.8) is 0 Å². The van der Waals surface area contributed by atoms with Crippen molar-refractivity contribution in [3.05, 3.63) is 63.7 Å². The fourth-order valence-corrected chi connectivity index (χ4v) is 5.48. The highest BCUT2D eigenvalue weighted by Crippen LogP contribution is 2.57. The Labute approximate surface area is 146 Å². The summed E-state index contributed by atoms with van der Waals surface area (Å²) in [6, 6.07) is 5.05. The minimum Gasteiger partial charge on any atom is -0.294 e. The summed E-state index contributed by atoms with van der Waals surface area (Å²) in [7, 11) is 0. The third-order valence-corrected chi connectivity index (χ3v) is 6.25. The number of fused-ring (bicyclic) bond motifs is 5. The van der Waals surface area contributed by atoms with E-state index < -0.39 is 5.41 Å². The van der Waals surface area contributed by atoms with Crippen molar-refractivity contribution < 1.29 is 9.18 Å². The van der Waals surface area contributed by atoms with Crippen LogP contribution in [0.15, 0.2) is 35.5 Å². The number of carbonyl (C=O) groups excluding carboxylic acids is 1. The van der Waals surface area contributed by atoms with Crippen molar-refractivity contribution in [2.45, 2.75) is 51.4 Å². The second-order valence-electron chi connectivity index (χ2n) is 8.57. The minimum atomic E-state index is -0.438. The highest BCUT2D eigenvalue weighted by Gasteiger charge is 2.53. The van der Waals surface area contributed by atoms with Gasteiger partial charge in [0.25, 0.3) is 0 Å². The third kappa shape index (κ3) is 1.91. The lowest BCUT2D eigenvalue weighted by molar-refractivity contribution is -0.118.